The summed E-state index contributed by atoms with van der Waals surface area (Å²) in [6, 6.07) is 15.6. The van der Waals surface area contributed by atoms with Gasteiger partial charge in [0.1, 0.15) is 0 Å². The Kier molecular flexibility index (Phi) is 6.11. The second-order valence-corrected chi connectivity index (χ2v) is 7.37. The van der Waals surface area contributed by atoms with Crippen LogP contribution in [0.3, 0.4) is 0 Å². The van der Waals surface area contributed by atoms with E-state index in [2.05, 4.69) is 60.8 Å². The maximum Gasteiger partial charge on any atom is 0.0487 e. The van der Waals surface area contributed by atoms with E-state index < -0.39 is 0 Å². The summed E-state index contributed by atoms with van der Waals surface area (Å²) in [4.78, 5) is 2.64. The molecule has 2 aromatic rings. The fourth-order valence-corrected chi connectivity index (χ4v) is 3.74. The summed E-state index contributed by atoms with van der Waals surface area (Å²) in [6.45, 7) is 9.98. The van der Waals surface area contributed by atoms with Gasteiger partial charge in [0.25, 0.3) is 0 Å². The number of anilines is 1. The summed E-state index contributed by atoms with van der Waals surface area (Å²) in [5.74, 6) is 0. The normalized spacial score (nSPS) is 18.3. The van der Waals surface area contributed by atoms with Gasteiger partial charge in [-0.15, -0.1) is 0 Å². The van der Waals surface area contributed by atoms with E-state index in [4.69, 9.17) is 0 Å². The Hall–Kier alpha value is -1.84. The second kappa shape index (κ2) is 8.50. The molecule has 0 aliphatic carbocycles. The fourth-order valence-electron chi connectivity index (χ4n) is 3.74. The fraction of sp³-hybridized carbons (Fsp3) is 0.455. The maximum atomic E-state index is 3.36. The minimum atomic E-state index is 0.704. The van der Waals surface area contributed by atoms with Crippen molar-refractivity contribution in [1.82, 2.24) is 10.3 Å². The standard InChI is InChI=1S/C22H31N3/c1-17-13-20(15-23-24-22-10-5-4-6-11-22)19(3)21(14-17)16-25-12-8-7-9-18(25)2/h4-6,10-11,13-14,18,23-24H,7-9,12,15-16H2,1-3H3. The quantitative estimate of drug-likeness (QED) is 0.742. The van der Waals surface area contributed by atoms with Crippen LogP contribution in [-0.2, 0) is 13.1 Å². The highest BCUT2D eigenvalue weighted by atomic mass is 15.3. The van der Waals surface area contributed by atoms with Crippen molar-refractivity contribution < 1.29 is 0 Å². The van der Waals surface area contributed by atoms with Gasteiger partial charge in [-0.05, 0) is 69.0 Å². The average Bonchev–Trinajstić information content (AvgIpc) is 2.61. The van der Waals surface area contributed by atoms with Gasteiger partial charge in [-0.25, -0.2) is 5.43 Å². The van der Waals surface area contributed by atoms with Crippen molar-refractivity contribution >= 4 is 5.69 Å². The first-order chi connectivity index (χ1) is 12.1. The van der Waals surface area contributed by atoms with Gasteiger partial charge >= 0.3 is 0 Å². The number of hydrogen-bond donors (Lipinski definition) is 2. The van der Waals surface area contributed by atoms with Crippen molar-refractivity contribution in [1.29, 1.82) is 0 Å². The number of benzene rings is 2. The minimum absolute atomic E-state index is 0.704. The van der Waals surface area contributed by atoms with Gasteiger partial charge in [0.05, 0.1) is 0 Å². The molecule has 0 bridgehead atoms. The molecule has 0 radical (unpaired) electrons. The van der Waals surface area contributed by atoms with Crippen LogP contribution >= 0.6 is 0 Å². The molecule has 1 atom stereocenters. The first-order valence-electron chi connectivity index (χ1n) is 9.50. The molecule has 3 rings (SSSR count). The number of hydrogen-bond acceptors (Lipinski definition) is 3. The van der Waals surface area contributed by atoms with Crippen LogP contribution in [0.15, 0.2) is 42.5 Å². The van der Waals surface area contributed by atoms with Crippen molar-refractivity contribution in [3.63, 3.8) is 0 Å². The molecule has 0 amide bonds. The zero-order valence-electron chi connectivity index (χ0n) is 15.8. The van der Waals surface area contributed by atoms with Crippen molar-refractivity contribution in [3.8, 4) is 0 Å². The third-order valence-corrected chi connectivity index (χ3v) is 5.37. The molecule has 25 heavy (non-hydrogen) atoms. The number of hydrazine groups is 1. The molecule has 0 spiro atoms. The zero-order chi connectivity index (χ0) is 17.6. The van der Waals surface area contributed by atoms with Crippen LogP contribution in [0.1, 0.15) is 48.4 Å². The molecule has 1 heterocycles. The lowest BCUT2D eigenvalue weighted by Gasteiger charge is -2.34. The van der Waals surface area contributed by atoms with E-state index in [1.807, 2.05) is 18.2 Å². The first-order valence-corrected chi connectivity index (χ1v) is 9.50. The molecule has 1 saturated heterocycles. The maximum absolute atomic E-state index is 3.36. The van der Waals surface area contributed by atoms with Crippen LogP contribution in [0.25, 0.3) is 0 Å². The summed E-state index contributed by atoms with van der Waals surface area (Å²) in [7, 11) is 0. The molecule has 1 aliphatic rings. The first kappa shape index (κ1) is 18.0. The van der Waals surface area contributed by atoms with Crippen LogP contribution in [0, 0.1) is 13.8 Å². The lowest BCUT2D eigenvalue weighted by atomic mass is 9.96. The molecule has 2 N–H and O–H groups in total. The number of para-hydroxylation sites is 1. The Bertz CT molecular complexity index is 681. The number of nitrogens with zero attached hydrogens (tertiary/aromatic N) is 1. The van der Waals surface area contributed by atoms with Crippen LogP contribution in [0.5, 0.6) is 0 Å². The van der Waals surface area contributed by atoms with Crippen molar-refractivity contribution in [2.24, 2.45) is 0 Å². The Morgan fingerprint density at radius 3 is 2.56 bits per heavy atom. The summed E-state index contributed by atoms with van der Waals surface area (Å²) < 4.78 is 0. The number of nitrogens with one attached hydrogen (secondary N) is 2. The largest absolute Gasteiger partial charge is 0.321 e. The Morgan fingerprint density at radius 2 is 1.80 bits per heavy atom. The van der Waals surface area contributed by atoms with E-state index in [-0.39, 0.29) is 0 Å². The van der Waals surface area contributed by atoms with Gasteiger partial charge in [-0.2, -0.15) is 0 Å². The zero-order valence-corrected chi connectivity index (χ0v) is 15.8. The number of rotatable bonds is 6. The highest BCUT2D eigenvalue weighted by Gasteiger charge is 2.19. The van der Waals surface area contributed by atoms with Gasteiger partial charge in [0.15, 0.2) is 0 Å². The van der Waals surface area contributed by atoms with Crippen LogP contribution in [-0.4, -0.2) is 17.5 Å². The summed E-state index contributed by atoms with van der Waals surface area (Å²) >= 11 is 0. The Labute approximate surface area is 152 Å². The third kappa shape index (κ3) is 4.83. The van der Waals surface area contributed by atoms with E-state index >= 15 is 0 Å². The molecule has 1 unspecified atom stereocenters. The summed E-state index contributed by atoms with van der Waals surface area (Å²) in [5, 5.41) is 0. The van der Waals surface area contributed by atoms with E-state index in [1.54, 1.807) is 0 Å². The van der Waals surface area contributed by atoms with Gasteiger partial charge in [-0.1, -0.05) is 42.3 Å². The molecule has 1 aliphatic heterocycles. The molecule has 2 aromatic carbocycles. The lowest BCUT2D eigenvalue weighted by Crippen LogP contribution is -2.37. The molecular formula is C22H31N3. The van der Waals surface area contributed by atoms with Crippen molar-refractivity contribution in [2.45, 2.75) is 59.2 Å². The predicted octanol–water partition coefficient (Wildman–Crippen LogP) is 4.79. The number of aryl methyl sites for hydroxylation is 1. The highest BCUT2D eigenvalue weighted by Crippen LogP contribution is 2.23. The SMILES string of the molecule is Cc1cc(CNNc2ccccc2)c(C)c(CN2CCCCC2C)c1. The molecule has 0 aromatic heterocycles. The average molecular weight is 338 g/mol. The molecule has 1 fully saturated rings. The van der Waals surface area contributed by atoms with Gasteiger partial charge in [0, 0.05) is 24.8 Å². The van der Waals surface area contributed by atoms with Crippen molar-refractivity contribution in [3.05, 3.63) is 64.7 Å². The summed E-state index contributed by atoms with van der Waals surface area (Å²) in [5.41, 5.74) is 13.4. The van der Waals surface area contributed by atoms with E-state index in [1.165, 1.54) is 48.1 Å². The smallest absolute Gasteiger partial charge is 0.0487 e. The van der Waals surface area contributed by atoms with Crippen LogP contribution in [0.2, 0.25) is 0 Å². The van der Waals surface area contributed by atoms with Crippen molar-refractivity contribution in [2.75, 3.05) is 12.0 Å². The van der Waals surface area contributed by atoms with E-state index in [0.717, 1.165) is 18.8 Å². The molecule has 3 nitrogen and oxygen atoms in total. The number of piperidine rings is 1. The topological polar surface area (TPSA) is 27.3 Å². The van der Waals surface area contributed by atoms with E-state index in [9.17, 15) is 0 Å². The predicted molar refractivity (Wildman–Crippen MR) is 107 cm³/mol. The Morgan fingerprint density at radius 1 is 1.04 bits per heavy atom. The van der Waals surface area contributed by atoms with Gasteiger partial charge < -0.3 is 5.43 Å². The monoisotopic (exact) mass is 337 g/mol. The summed E-state index contributed by atoms with van der Waals surface area (Å²) in [6.07, 6.45) is 4.05. The third-order valence-electron chi connectivity index (χ3n) is 5.37. The van der Waals surface area contributed by atoms with Crippen LogP contribution in [0.4, 0.5) is 5.69 Å². The lowest BCUT2D eigenvalue weighted by molar-refractivity contribution is 0.152. The number of likely N-dealkylation sites (tertiary alicyclic amines) is 1. The van der Waals surface area contributed by atoms with E-state index in [0.29, 0.717) is 6.04 Å². The highest BCUT2D eigenvalue weighted by molar-refractivity contribution is 5.42. The van der Waals surface area contributed by atoms with Gasteiger partial charge in [0.2, 0.25) is 0 Å². The van der Waals surface area contributed by atoms with Crippen LogP contribution < -0.4 is 10.9 Å². The minimum Gasteiger partial charge on any atom is -0.321 e. The molecule has 0 saturated carbocycles. The Balaban J connectivity index is 1.66. The molecule has 134 valence electrons. The van der Waals surface area contributed by atoms with Gasteiger partial charge in [-0.3, -0.25) is 4.90 Å². The molecule has 3 heteroatoms. The second-order valence-electron chi connectivity index (χ2n) is 7.37. The molecular weight excluding hydrogens is 306 g/mol.